The molecule has 0 aliphatic carbocycles. The summed E-state index contributed by atoms with van der Waals surface area (Å²) in [5.74, 6) is 0.951. The van der Waals surface area contributed by atoms with E-state index in [4.69, 9.17) is 4.42 Å². The maximum Gasteiger partial charge on any atom is 0.275 e. The number of aliphatic hydroxyl groups is 1. The van der Waals surface area contributed by atoms with E-state index in [0.29, 0.717) is 18.7 Å². The first kappa shape index (κ1) is 16.4. The second kappa shape index (κ2) is 6.56. The fourth-order valence-corrected chi connectivity index (χ4v) is 3.10. The van der Waals surface area contributed by atoms with E-state index < -0.39 is 5.60 Å². The average molecular weight is 331 g/mol. The van der Waals surface area contributed by atoms with Gasteiger partial charge in [0.05, 0.1) is 18.3 Å². The van der Waals surface area contributed by atoms with E-state index in [-0.39, 0.29) is 18.1 Å². The summed E-state index contributed by atoms with van der Waals surface area (Å²) < 4.78 is 5.08. The Labute approximate surface area is 140 Å². The molecule has 8 heteroatoms. The van der Waals surface area contributed by atoms with Gasteiger partial charge in [0.2, 0.25) is 0 Å². The van der Waals surface area contributed by atoms with Crippen molar-refractivity contribution in [3.8, 4) is 0 Å². The van der Waals surface area contributed by atoms with E-state index >= 15 is 0 Å². The van der Waals surface area contributed by atoms with Gasteiger partial charge in [-0.15, -0.1) is 0 Å². The zero-order valence-electron chi connectivity index (χ0n) is 13.8. The number of oxazole rings is 1. The van der Waals surface area contributed by atoms with Gasteiger partial charge in [-0.25, -0.2) is 9.97 Å². The van der Waals surface area contributed by atoms with Crippen LogP contribution in [-0.4, -0.2) is 63.1 Å². The van der Waals surface area contributed by atoms with Crippen molar-refractivity contribution in [2.24, 2.45) is 0 Å². The summed E-state index contributed by atoms with van der Waals surface area (Å²) in [4.78, 5) is 28.2. The summed E-state index contributed by atoms with van der Waals surface area (Å²) >= 11 is 0. The predicted molar refractivity (Wildman–Crippen MR) is 86.6 cm³/mol. The standard InChI is InChI=1S/C16H21N5O3/c1-12-14(19-11-24-12)15(22)20(2)9-16(23)4-3-7-21(10-16)13-8-17-5-6-18-13/h5-6,8,11,23H,3-4,7,9-10H2,1-2H3/t16-/m0/s1. The van der Waals surface area contributed by atoms with Gasteiger partial charge in [-0.1, -0.05) is 0 Å². The number of amides is 1. The van der Waals surface area contributed by atoms with Gasteiger partial charge < -0.3 is 19.3 Å². The van der Waals surface area contributed by atoms with Crippen LogP contribution < -0.4 is 4.90 Å². The molecular weight excluding hydrogens is 310 g/mol. The first-order valence-corrected chi connectivity index (χ1v) is 7.87. The molecule has 3 rings (SSSR count). The minimum Gasteiger partial charge on any atom is -0.448 e. The Balaban J connectivity index is 1.69. The Morgan fingerprint density at radius 1 is 1.46 bits per heavy atom. The van der Waals surface area contributed by atoms with E-state index in [2.05, 4.69) is 15.0 Å². The first-order valence-electron chi connectivity index (χ1n) is 7.87. The van der Waals surface area contributed by atoms with Crippen LogP contribution in [0, 0.1) is 6.92 Å². The number of carbonyl (C=O) groups excluding carboxylic acids is 1. The molecule has 0 radical (unpaired) electrons. The summed E-state index contributed by atoms with van der Waals surface area (Å²) in [6.07, 6.45) is 7.62. The zero-order chi connectivity index (χ0) is 17.2. The average Bonchev–Trinajstić information content (AvgIpc) is 3.00. The lowest BCUT2D eigenvalue weighted by Crippen LogP contribution is -2.55. The normalized spacial score (nSPS) is 20.9. The number of aromatic nitrogens is 3. The van der Waals surface area contributed by atoms with Crippen LogP contribution in [0.25, 0.3) is 0 Å². The van der Waals surface area contributed by atoms with Crippen molar-refractivity contribution in [2.45, 2.75) is 25.4 Å². The number of hydrogen-bond acceptors (Lipinski definition) is 7. The van der Waals surface area contributed by atoms with E-state index in [1.807, 2.05) is 4.90 Å². The fraction of sp³-hybridized carbons (Fsp3) is 0.500. The molecule has 1 aliphatic heterocycles. The zero-order valence-corrected chi connectivity index (χ0v) is 13.8. The monoisotopic (exact) mass is 331 g/mol. The molecule has 1 N–H and O–H groups in total. The molecule has 1 fully saturated rings. The molecule has 1 atom stereocenters. The first-order chi connectivity index (χ1) is 11.5. The van der Waals surface area contributed by atoms with Crippen molar-refractivity contribution in [1.82, 2.24) is 19.9 Å². The van der Waals surface area contributed by atoms with Gasteiger partial charge in [0.1, 0.15) is 11.6 Å². The second-order valence-corrected chi connectivity index (χ2v) is 6.23. The van der Waals surface area contributed by atoms with Crippen molar-refractivity contribution in [3.05, 3.63) is 36.4 Å². The molecular formula is C16H21N5O3. The highest BCUT2D eigenvalue weighted by Gasteiger charge is 2.36. The van der Waals surface area contributed by atoms with Crippen molar-refractivity contribution < 1.29 is 14.3 Å². The highest BCUT2D eigenvalue weighted by atomic mass is 16.3. The minimum absolute atomic E-state index is 0.217. The molecule has 0 saturated carbocycles. The molecule has 2 aromatic heterocycles. The Bertz CT molecular complexity index is 705. The van der Waals surface area contributed by atoms with E-state index in [9.17, 15) is 9.90 Å². The highest BCUT2D eigenvalue weighted by Crippen LogP contribution is 2.25. The largest absolute Gasteiger partial charge is 0.448 e. The number of aryl methyl sites for hydroxylation is 1. The number of rotatable bonds is 4. The maximum atomic E-state index is 12.5. The fourth-order valence-electron chi connectivity index (χ4n) is 3.10. The van der Waals surface area contributed by atoms with Crippen molar-refractivity contribution in [2.75, 3.05) is 31.6 Å². The Kier molecular flexibility index (Phi) is 4.48. The number of piperidine rings is 1. The van der Waals surface area contributed by atoms with Crippen LogP contribution in [0.1, 0.15) is 29.1 Å². The summed E-state index contributed by atoms with van der Waals surface area (Å²) in [5, 5.41) is 11.0. The highest BCUT2D eigenvalue weighted by molar-refractivity contribution is 5.93. The smallest absolute Gasteiger partial charge is 0.275 e. The van der Waals surface area contributed by atoms with Crippen molar-refractivity contribution >= 4 is 11.7 Å². The quantitative estimate of drug-likeness (QED) is 0.888. The topological polar surface area (TPSA) is 95.6 Å². The van der Waals surface area contributed by atoms with E-state index in [1.54, 1.807) is 32.6 Å². The second-order valence-electron chi connectivity index (χ2n) is 6.23. The summed E-state index contributed by atoms with van der Waals surface area (Å²) in [5.41, 5.74) is -0.722. The molecule has 3 heterocycles. The summed E-state index contributed by atoms with van der Waals surface area (Å²) in [6, 6.07) is 0. The van der Waals surface area contributed by atoms with Gasteiger partial charge >= 0.3 is 0 Å². The molecule has 2 aromatic rings. The number of hydrogen-bond donors (Lipinski definition) is 1. The predicted octanol–water partition coefficient (Wildman–Crippen LogP) is 0.877. The van der Waals surface area contributed by atoms with E-state index in [0.717, 1.165) is 18.8 Å². The molecule has 0 spiro atoms. The van der Waals surface area contributed by atoms with Crippen LogP contribution in [0.2, 0.25) is 0 Å². The number of nitrogens with zero attached hydrogens (tertiary/aromatic N) is 5. The lowest BCUT2D eigenvalue weighted by Gasteiger charge is -2.41. The summed E-state index contributed by atoms with van der Waals surface area (Å²) in [6.45, 7) is 3.12. The van der Waals surface area contributed by atoms with Gasteiger partial charge in [0, 0.05) is 32.5 Å². The molecule has 1 amide bonds. The Hall–Kier alpha value is -2.48. The van der Waals surface area contributed by atoms with Gasteiger partial charge in [0.25, 0.3) is 5.91 Å². The SMILES string of the molecule is Cc1ocnc1C(=O)N(C)C[C@@]1(O)CCCN(c2cnccn2)C1. The summed E-state index contributed by atoms with van der Waals surface area (Å²) in [7, 11) is 1.66. The van der Waals surface area contributed by atoms with E-state index in [1.165, 1.54) is 11.3 Å². The van der Waals surface area contributed by atoms with Crippen LogP contribution in [0.3, 0.4) is 0 Å². The molecule has 1 saturated heterocycles. The minimum atomic E-state index is -1.00. The molecule has 128 valence electrons. The Morgan fingerprint density at radius 2 is 2.29 bits per heavy atom. The molecule has 1 aliphatic rings. The number of likely N-dealkylation sites (N-methyl/N-ethyl adjacent to an activating group) is 1. The third kappa shape index (κ3) is 3.38. The number of anilines is 1. The molecule has 8 nitrogen and oxygen atoms in total. The van der Waals surface area contributed by atoms with Crippen LogP contribution in [0.4, 0.5) is 5.82 Å². The number of β-amino-alcohol motifs (C(OH)–C–C–N with tert-alkyl or cyclic N) is 1. The van der Waals surface area contributed by atoms with Gasteiger partial charge in [0.15, 0.2) is 12.1 Å². The third-order valence-corrected chi connectivity index (χ3v) is 4.25. The van der Waals surface area contributed by atoms with Crippen LogP contribution in [-0.2, 0) is 0 Å². The molecule has 0 bridgehead atoms. The third-order valence-electron chi connectivity index (χ3n) is 4.25. The van der Waals surface area contributed by atoms with Crippen molar-refractivity contribution in [3.63, 3.8) is 0 Å². The van der Waals surface area contributed by atoms with Gasteiger partial charge in [-0.05, 0) is 19.8 Å². The lowest BCUT2D eigenvalue weighted by atomic mass is 9.92. The van der Waals surface area contributed by atoms with Crippen molar-refractivity contribution in [1.29, 1.82) is 0 Å². The van der Waals surface area contributed by atoms with Crippen LogP contribution in [0.5, 0.6) is 0 Å². The van der Waals surface area contributed by atoms with Gasteiger partial charge in [-0.2, -0.15) is 0 Å². The maximum absolute atomic E-state index is 12.5. The van der Waals surface area contributed by atoms with Crippen LogP contribution >= 0.6 is 0 Å². The van der Waals surface area contributed by atoms with Crippen LogP contribution in [0.15, 0.2) is 29.4 Å². The number of carbonyl (C=O) groups is 1. The molecule has 0 unspecified atom stereocenters. The Morgan fingerprint density at radius 3 is 2.96 bits per heavy atom. The molecule has 24 heavy (non-hydrogen) atoms. The lowest BCUT2D eigenvalue weighted by molar-refractivity contribution is -0.000324. The van der Waals surface area contributed by atoms with Gasteiger partial charge in [-0.3, -0.25) is 9.78 Å². The molecule has 0 aromatic carbocycles.